The number of carbonyl (C=O) groups is 1. The van der Waals surface area contributed by atoms with Gasteiger partial charge in [-0.05, 0) is 49.6 Å². The van der Waals surface area contributed by atoms with E-state index in [-0.39, 0.29) is 5.91 Å². The van der Waals surface area contributed by atoms with Crippen molar-refractivity contribution < 1.29 is 17.9 Å². The number of para-hydroxylation sites is 1. The Morgan fingerprint density at radius 2 is 1.76 bits per heavy atom. The lowest BCUT2D eigenvalue weighted by Gasteiger charge is -2.33. The number of anilines is 1. The van der Waals surface area contributed by atoms with Crippen LogP contribution in [0.3, 0.4) is 0 Å². The normalized spacial score (nSPS) is 12.3. The van der Waals surface area contributed by atoms with Gasteiger partial charge in [-0.1, -0.05) is 31.2 Å². The van der Waals surface area contributed by atoms with Gasteiger partial charge >= 0.3 is 0 Å². The number of likely N-dealkylation sites (N-methyl/N-ethyl adjacent to an activating group) is 1. The second kappa shape index (κ2) is 9.31. The van der Waals surface area contributed by atoms with Gasteiger partial charge in [-0.2, -0.15) is 0 Å². The Morgan fingerprint density at radius 1 is 1.10 bits per heavy atom. The molecule has 0 spiro atoms. The van der Waals surface area contributed by atoms with Crippen molar-refractivity contribution in [3.05, 3.63) is 59.2 Å². The molecule has 0 unspecified atom stereocenters. The summed E-state index contributed by atoms with van der Waals surface area (Å²) in [6, 6.07) is 12.1. The summed E-state index contributed by atoms with van der Waals surface area (Å²) in [5.74, 6) is 0.427. The molecule has 2 rings (SSSR count). The highest BCUT2D eigenvalue weighted by Crippen LogP contribution is 2.26. The summed E-state index contributed by atoms with van der Waals surface area (Å²) in [6.45, 7) is 6.03. The first-order chi connectivity index (χ1) is 13.6. The topological polar surface area (TPSA) is 66.9 Å². The minimum atomic E-state index is -3.66. The summed E-state index contributed by atoms with van der Waals surface area (Å²) in [5, 5.41) is 0. The van der Waals surface area contributed by atoms with Crippen LogP contribution in [0.2, 0.25) is 0 Å². The zero-order chi connectivity index (χ0) is 21.8. The Bertz CT molecular complexity index is 973. The summed E-state index contributed by atoms with van der Waals surface area (Å²) in [5.41, 5.74) is 3.40. The predicted octanol–water partition coefficient (Wildman–Crippen LogP) is 3.52. The van der Waals surface area contributed by atoms with Crippen LogP contribution in [0.1, 0.15) is 30.0 Å². The molecule has 0 aliphatic heterocycles. The van der Waals surface area contributed by atoms with Gasteiger partial charge in [-0.25, -0.2) is 8.42 Å². The average molecular weight is 419 g/mol. The molecular weight excluding hydrogens is 388 g/mol. The molecule has 1 amide bonds. The van der Waals surface area contributed by atoms with Crippen LogP contribution in [0, 0.1) is 13.8 Å². The quantitative estimate of drug-likeness (QED) is 0.658. The molecule has 2 aromatic carbocycles. The SMILES string of the molecule is CC[C@H](C(=O)N(C)Cc1ccccc1OC)N(c1ccc(C)c(C)c1)S(C)(=O)=O. The van der Waals surface area contributed by atoms with E-state index < -0.39 is 16.1 Å². The molecule has 0 radical (unpaired) electrons. The molecule has 0 N–H and O–H groups in total. The number of ether oxygens (including phenoxy) is 1. The van der Waals surface area contributed by atoms with Gasteiger partial charge in [0.2, 0.25) is 15.9 Å². The van der Waals surface area contributed by atoms with Crippen LogP contribution < -0.4 is 9.04 Å². The lowest BCUT2D eigenvalue weighted by molar-refractivity contribution is -0.131. The molecule has 29 heavy (non-hydrogen) atoms. The fourth-order valence-electron chi connectivity index (χ4n) is 3.33. The van der Waals surface area contributed by atoms with Gasteiger partial charge in [-0.15, -0.1) is 0 Å². The van der Waals surface area contributed by atoms with Crippen LogP contribution >= 0.6 is 0 Å². The zero-order valence-corrected chi connectivity index (χ0v) is 18.8. The van der Waals surface area contributed by atoms with E-state index in [1.165, 1.54) is 4.31 Å². The number of sulfonamides is 1. The average Bonchev–Trinajstić information content (AvgIpc) is 2.67. The number of benzene rings is 2. The van der Waals surface area contributed by atoms with Crippen LogP contribution in [0.5, 0.6) is 5.75 Å². The number of aryl methyl sites for hydroxylation is 2. The van der Waals surface area contributed by atoms with E-state index >= 15 is 0 Å². The van der Waals surface area contributed by atoms with Gasteiger partial charge in [0, 0.05) is 19.2 Å². The Balaban J connectivity index is 2.38. The second-order valence-electron chi connectivity index (χ2n) is 7.26. The third-order valence-corrected chi connectivity index (χ3v) is 6.21. The zero-order valence-electron chi connectivity index (χ0n) is 18.0. The van der Waals surface area contributed by atoms with Crippen molar-refractivity contribution in [1.29, 1.82) is 0 Å². The molecule has 0 heterocycles. The summed E-state index contributed by atoms with van der Waals surface area (Å²) in [6.07, 6.45) is 1.49. The van der Waals surface area contributed by atoms with Crippen molar-refractivity contribution in [2.24, 2.45) is 0 Å². The highest BCUT2D eigenvalue weighted by Gasteiger charge is 2.33. The maximum Gasteiger partial charge on any atom is 0.246 e. The summed E-state index contributed by atoms with van der Waals surface area (Å²) >= 11 is 0. The molecule has 0 aromatic heterocycles. The molecule has 6 nitrogen and oxygen atoms in total. The molecule has 0 fully saturated rings. The van der Waals surface area contributed by atoms with Crippen molar-refractivity contribution >= 4 is 21.6 Å². The summed E-state index contributed by atoms with van der Waals surface area (Å²) < 4.78 is 31.9. The van der Waals surface area contributed by atoms with Crippen LogP contribution in [0.4, 0.5) is 5.69 Å². The van der Waals surface area contributed by atoms with E-state index in [1.807, 2.05) is 57.2 Å². The van der Waals surface area contributed by atoms with E-state index in [0.29, 0.717) is 24.4 Å². The van der Waals surface area contributed by atoms with E-state index in [0.717, 1.165) is 22.9 Å². The maximum atomic E-state index is 13.3. The van der Waals surface area contributed by atoms with Crippen LogP contribution in [0.15, 0.2) is 42.5 Å². The number of hydrogen-bond acceptors (Lipinski definition) is 4. The van der Waals surface area contributed by atoms with E-state index in [1.54, 1.807) is 25.1 Å². The molecule has 0 aliphatic carbocycles. The van der Waals surface area contributed by atoms with Crippen molar-refractivity contribution in [3.63, 3.8) is 0 Å². The Kier molecular flexibility index (Phi) is 7.30. The predicted molar refractivity (Wildman–Crippen MR) is 117 cm³/mol. The molecule has 7 heteroatoms. The van der Waals surface area contributed by atoms with Crippen molar-refractivity contribution in [1.82, 2.24) is 4.90 Å². The number of nitrogens with zero attached hydrogens (tertiary/aromatic N) is 2. The summed E-state index contributed by atoms with van der Waals surface area (Å²) in [4.78, 5) is 14.8. The van der Waals surface area contributed by atoms with Gasteiger partial charge in [0.15, 0.2) is 0 Å². The number of carbonyl (C=O) groups excluding carboxylic acids is 1. The van der Waals surface area contributed by atoms with Crippen molar-refractivity contribution in [3.8, 4) is 5.75 Å². The first kappa shape index (κ1) is 22.7. The minimum Gasteiger partial charge on any atom is -0.496 e. The lowest BCUT2D eigenvalue weighted by Crippen LogP contribution is -2.49. The van der Waals surface area contributed by atoms with Crippen molar-refractivity contribution in [2.45, 2.75) is 39.8 Å². The largest absolute Gasteiger partial charge is 0.496 e. The lowest BCUT2D eigenvalue weighted by atomic mass is 10.1. The fourth-order valence-corrected chi connectivity index (χ4v) is 4.53. The molecule has 2 aromatic rings. The first-order valence-electron chi connectivity index (χ1n) is 9.53. The Hall–Kier alpha value is -2.54. The first-order valence-corrected chi connectivity index (χ1v) is 11.4. The third kappa shape index (κ3) is 5.29. The molecule has 158 valence electrons. The van der Waals surface area contributed by atoms with Gasteiger partial charge in [0.1, 0.15) is 11.8 Å². The van der Waals surface area contributed by atoms with E-state index in [4.69, 9.17) is 4.74 Å². The monoisotopic (exact) mass is 418 g/mol. The van der Waals surface area contributed by atoms with Crippen LogP contribution in [0.25, 0.3) is 0 Å². The van der Waals surface area contributed by atoms with E-state index in [2.05, 4.69) is 0 Å². The molecule has 0 aliphatic rings. The Morgan fingerprint density at radius 3 is 2.31 bits per heavy atom. The molecule has 0 saturated heterocycles. The minimum absolute atomic E-state index is 0.262. The molecular formula is C22H30N2O4S. The van der Waals surface area contributed by atoms with Crippen molar-refractivity contribution in [2.75, 3.05) is 24.7 Å². The van der Waals surface area contributed by atoms with Gasteiger partial charge < -0.3 is 9.64 Å². The van der Waals surface area contributed by atoms with Crippen LogP contribution in [-0.2, 0) is 21.4 Å². The number of amides is 1. The molecule has 1 atom stereocenters. The maximum absolute atomic E-state index is 13.3. The highest BCUT2D eigenvalue weighted by molar-refractivity contribution is 7.92. The van der Waals surface area contributed by atoms with Gasteiger partial charge in [0.25, 0.3) is 0 Å². The van der Waals surface area contributed by atoms with Gasteiger partial charge in [0.05, 0.1) is 19.1 Å². The standard InChI is InChI=1S/C22H30N2O4S/c1-7-20(22(25)23(4)15-18-10-8-9-11-21(18)28-5)24(29(6,26)27)19-13-12-16(2)17(3)14-19/h8-14,20H,7,15H2,1-6H3/t20-/m1/s1. The summed E-state index contributed by atoms with van der Waals surface area (Å²) in [7, 11) is -0.399. The smallest absolute Gasteiger partial charge is 0.246 e. The highest BCUT2D eigenvalue weighted by atomic mass is 32.2. The second-order valence-corrected chi connectivity index (χ2v) is 9.12. The number of rotatable bonds is 8. The Labute approximate surface area is 174 Å². The van der Waals surface area contributed by atoms with Crippen LogP contribution in [-0.4, -0.2) is 45.7 Å². The van der Waals surface area contributed by atoms with Gasteiger partial charge in [-0.3, -0.25) is 9.10 Å². The third-order valence-electron chi connectivity index (χ3n) is 5.03. The van der Waals surface area contributed by atoms with E-state index in [9.17, 15) is 13.2 Å². The fraction of sp³-hybridized carbons (Fsp3) is 0.409. The number of hydrogen-bond donors (Lipinski definition) is 0. The molecule has 0 saturated carbocycles. The number of methoxy groups -OCH3 is 1. The molecule has 0 bridgehead atoms.